The van der Waals surface area contributed by atoms with Crippen molar-refractivity contribution in [2.75, 3.05) is 33.0 Å². The fourth-order valence-corrected chi connectivity index (χ4v) is 7.03. The van der Waals surface area contributed by atoms with Gasteiger partial charge >= 0.3 is 0 Å². The Morgan fingerprint density at radius 3 is 1.96 bits per heavy atom. The van der Waals surface area contributed by atoms with Crippen LogP contribution in [0.4, 0.5) is 0 Å². The summed E-state index contributed by atoms with van der Waals surface area (Å²) >= 11 is 0. The number of unbranched alkanes of at least 4 members (excludes halogenated alkanes) is 4. The van der Waals surface area contributed by atoms with Crippen LogP contribution < -0.4 is 0 Å². The van der Waals surface area contributed by atoms with Crippen LogP contribution in [0, 0.1) is 0 Å². The Morgan fingerprint density at radius 2 is 1.29 bits per heavy atom. The van der Waals surface area contributed by atoms with Gasteiger partial charge in [0.1, 0.15) is 24.4 Å². The second-order valence-corrected chi connectivity index (χ2v) is 13.5. The fourth-order valence-electron chi connectivity index (χ4n) is 7.03. The van der Waals surface area contributed by atoms with E-state index in [1.807, 2.05) is 0 Å². The summed E-state index contributed by atoms with van der Waals surface area (Å²) in [6.45, 7) is 14.4. The SMILES string of the molecule is CCCCOC[C@H]1O[C@]2(OCc3c2cc(Cc2ccc(CC)cc2)c2ccccc32)[C@H](OCCCC)[C@@H](OCCCC)[C@@H]1OCCCC. The standard InChI is InChI=1S/C42H60O6/c1-6-11-23-43-30-38-39(44-24-12-7-2)40(45-25-13-8-3)41(46-26-14-9-4)42(48-38)37-28-33(27-32-21-19-31(10-5)20-22-32)34-17-15-16-18-35(34)36(37)29-47-42/h15-22,28,38-41H,6-14,23-27,29-30H2,1-5H3/t38-,39-,40+,41-,42+/m1/s1. The van der Waals surface area contributed by atoms with E-state index in [2.05, 4.69) is 89.2 Å². The van der Waals surface area contributed by atoms with Crippen molar-refractivity contribution in [3.05, 3.63) is 82.4 Å². The molecular formula is C42H60O6. The predicted octanol–water partition coefficient (Wildman–Crippen LogP) is 9.45. The number of ether oxygens (including phenoxy) is 6. The van der Waals surface area contributed by atoms with Crippen LogP contribution in [0.25, 0.3) is 10.8 Å². The summed E-state index contributed by atoms with van der Waals surface area (Å²) in [7, 11) is 0. The van der Waals surface area contributed by atoms with Crippen molar-refractivity contribution >= 4 is 10.8 Å². The molecule has 0 bridgehead atoms. The number of hydrogen-bond donors (Lipinski definition) is 0. The van der Waals surface area contributed by atoms with Gasteiger partial charge in [-0.3, -0.25) is 0 Å². The molecule has 264 valence electrons. The summed E-state index contributed by atoms with van der Waals surface area (Å²) < 4.78 is 40.9. The molecule has 2 aliphatic rings. The van der Waals surface area contributed by atoms with Crippen LogP contribution in [-0.4, -0.2) is 57.5 Å². The first-order valence-corrected chi connectivity index (χ1v) is 19.0. The number of hydrogen-bond acceptors (Lipinski definition) is 6. The number of fused-ring (bicyclic) bond motifs is 4. The monoisotopic (exact) mass is 660 g/mol. The van der Waals surface area contributed by atoms with Crippen LogP contribution >= 0.6 is 0 Å². The smallest absolute Gasteiger partial charge is 0.226 e. The van der Waals surface area contributed by atoms with E-state index in [1.165, 1.54) is 33.0 Å². The number of aryl methyl sites for hydroxylation is 1. The number of rotatable bonds is 20. The van der Waals surface area contributed by atoms with Gasteiger partial charge in [-0.15, -0.1) is 0 Å². The minimum absolute atomic E-state index is 0.336. The summed E-state index contributed by atoms with van der Waals surface area (Å²) in [5.74, 6) is -1.14. The van der Waals surface area contributed by atoms with E-state index in [0.717, 1.165) is 69.8 Å². The minimum Gasteiger partial charge on any atom is -0.379 e. The van der Waals surface area contributed by atoms with Crippen molar-refractivity contribution < 1.29 is 28.4 Å². The van der Waals surface area contributed by atoms with E-state index in [9.17, 15) is 0 Å². The van der Waals surface area contributed by atoms with Crippen molar-refractivity contribution in [3.8, 4) is 0 Å². The largest absolute Gasteiger partial charge is 0.379 e. The molecule has 0 unspecified atom stereocenters. The topological polar surface area (TPSA) is 55.4 Å². The maximum atomic E-state index is 7.27. The molecule has 2 aliphatic heterocycles. The fraction of sp³-hybridized carbons (Fsp3) is 0.619. The normalized spacial score (nSPS) is 23.7. The molecule has 2 heterocycles. The summed E-state index contributed by atoms with van der Waals surface area (Å²) in [5, 5.41) is 2.47. The van der Waals surface area contributed by atoms with Crippen LogP contribution in [0.2, 0.25) is 0 Å². The van der Waals surface area contributed by atoms with E-state index in [0.29, 0.717) is 39.6 Å². The molecule has 0 saturated carbocycles. The van der Waals surface area contributed by atoms with Crippen molar-refractivity contribution in [2.45, 2.75) is 136 Å². The van der Waals surface area contributed by atoms with Gasteiger partial charge in [0.15, 0.2) is 0 Å². The van der Waals surface area contributed by atoms with Gasteiger partial charge in [0.25, 0.3) is 0 Å². The molecule has 0 aromatic heterocycles. The molecule has 6 heteroatoms. The van der Waals surface area contributed by atoms with Gasteiger partial charge in [-0.2, -0.15) is 0 Å². The highest BCUT2D eigenvalue weighted by atomic mass is 16.7. The number of benzene rings is 3. The lowest BCUT2D eigenvalue weighted by Crippen LogP contribution is -2.66. The molecule has 0 amide bonds. The molecule has 1 spiro atoms. The van der Waals surface area contributed by atoms with Gasteiger partial charge in [-0.1, -0.05) is 109 Å². The van der Waals surface area contributed by atoms with Gasteiger partial charge in [-0.25, -0.2) is 0 Å². The maximum absolute atomic E-state index is 7.27. The Morgan fingerprint density at radius 1 is 0.688 bits per heavy atom. The molecule has 1 saturated heterocycles. The minimum atomic E-state index is -1.14. The molecular weight excluding hydrogens is 600 g/mol. The van der Waals surface area contributed by atoms with E-state index in [4.69, 9.17) is 28.4 Å². The first-order valence-electron chi connectivity index (χ1n) is 19.0. The maximum Gasteiger partial charge on any atom is 0.226 e. The van der Waals surface area contributed by atoms with E-state index in [1.54, 1.807) is 0 Å². The first kappa shape index (κ1) is 36.9. The third kappa shape index (κ3) is 8.51. The molecule has 48 heavy (non-hydrogen) atoms. The predicted molar refractivity (Wildman–Crippen MR) is 194 cm³/mol. The highest BCUT2D eigenvalue weighted by molar-refractivity contribution is 5.90. The molecule has 0 radical (unpaired) electrons. The molecule has 3 aromatic carbocycles. The lowest BCUT2D eigenvalue weighted by molar-refractivity contribution is -0.384. The second kappa shape index (κ2) is 18.6. The van der Waals surface area contributed by atoms with Gasteiger partial charge in [0.05, 0.1) is 13.2 Å². The van der Waals surface area contributed by atoms with Crippen molar-refractivity contribution in [2.24, 2.45) is 0 Å². The first-order chi connectivity index (χ1) is 23.6. The zero-order chi connectivity index (χ0) is 33.8. The summed E-state index contributed by atoms with van der Waals surface area (Å²) in [4.78, 5) is 0. The zero-order valence-electron chi connectivity index (χ0n) is 30.3. The summed E-state index contributed by atoms with van der Waals surface area (Å²) in [5.41, 5.74) is 6.12. The van der Waals surface area contributed by atoms with Crippen LogP contribution in [0.15, 0.2) is 54.6 Å². The van der Waals surface area contributed by atoms with Crippen LogP contribution in [-0.2, 0) is 53.7 Å². The Kier molecular flexibility index (Phi) is 14.3. The highest BCUT2D eigenvalue weighted by Gasteiger charge is 2.61. The molecule has 5 atom stereocenters. The highest BCUT2D eigenvalue weighted by Crippen LogP contribution is 2.51. The van der Waals surface area contributed by atoms with Gasteiger partial charge in [0, 0.05) is 32.0 Å². The van der Waals surface area contributed by atoms with Gasteiger partial charge < -0.3 is 28.4 Å². The van der Waals surface area contributed by atoms with Crippen molar-refractivity contribution in [1.82, 2.24) is 0 Å². The molecule has 1 fully saturated rings. The van der Waals surface area contributed by atoms with Gasteiger partial charge in [0.2, 0.25) is 5.79 Å². The van der Waals surface area contributed by atoms with Crippen LogP contribution in [0.5, 0.6) is 0 Å². The average Bonchev–Trinajstić information content (AvgIpc) is 3.47. The third-order valence-electron chi connectivity index (χ3n) is 9.90. The average molecular weight is 661 g/mol. The Bertz CT molecular complexity index is 1390. The van der Waals surface area contributed by atoms with Crippen LogP contribution in [0.3, 0.4) is 0 Å². The van der Waals surface area contributed by atoms with E-state index >= 15 is 0 Å². The molecule has 0 aliphatic carbocycles. The van der Waals surface area contributed by atoms with E-state index < -0.39 is 11.9 Å². The molecule has 6 nitrogen and oxygen atoms in total. The lowest BCUT2D eigenvalue weighted by Gasteiger charge is -2.51. The quantitative estimate of drug-likeness (QED) is 0.113. The summed E-state index contributed by atoms with van der Waals surface area (Å²) in [6, 6.07) is 20.1. The van der Waals surface area contributed by atoms with E-state index in [-0.39, 0.29) is 18.3 Å². The summed E-state index contributed by atoms with van der Waals surface area (Å²) in [6.07, 6.45) is 8.38. The molecule has 3 aromatic rings. The lowest BCUT2D eigenvalue weighted by atomic mass is 9.83. The third-order valence-corrected chi connectivity index (χ3v) is 9.90. The van der Waals surface area contributed by atoms with Crippen molar-refractivity contribution in [1.29, 1.82) is 0 Å². The molecule has 5 rings (SSSR count). The molecule has 0 N–H and O–H groups in total. The Labute approximate surface area is 289 Å². The van der Waals surface area contributed by atoms with Crippen molar-refractivity contribution in [3.63, 3.8) is 0 Å². The van der Waals surface area contributed by atoms with Crippen LogP contribution in [0.1, 0.15) is 114 Å². The Balaban J connectivity index is 1.62. The zero-order valence-corrected chi connectivity index (χ0v) is 30.3. The Hall–Kier alpha value is -2.32. The second-order valence-electron chi connectivity index (χ2n) is 13.5. The van der Waals surface area contributed by atoms with Gasteiger partial charge in [-0.05, 0) is 77.6 Å².